The van der Waals surface area contributed by atoms with Crippen LogP contribution < -0.4 is 10.2 Å². The molecule has 0 aliphatic carbocycles. The molecule has 4 rings (SSSR count). The van der Waals surface area contributed by atoms with E-state index < -0.39 is 0 Å². The Bertz CT molecular complexity index is 957. The Kier molecular flexibility index (Phi) is 5.23. The Hall–Kier alpha value is -2.96. The number of piperidine rings is 1. The van der Waals surface area contributed by atoms with Gasteiger partial charge in [0.25, 0.3) is 0 Å². The van der Waals surface area contributed by atoms with Crippen LogP contribution in [0.25, 0.3) is 16.7 Å². The standard InChI is InChI=1S/C21H26N6O/c1-3-10-22-21(28)16-8-11-26(12-9-16)20-18-13-27(25-19(18)23-14-24-20)17-6-4-15(2)5-7-17/h4-7,13-14,16H,3,8-12H2,1-2H3,(H,22,28). The van der Waals surface area contributed by atoms with E-state index >= 15 is 0 Å². The van der Waals surface area contributed by atoms with Crippen LogP contribution in [0.5, 0.6) is 0 Å². The van der Waals surface area contributed by atoms with Gasteiger partial charge in [0.2, 0.25) is 5.91 Å². The highest BCUT2D eigenvalue weighted by Gasteiger charge is 2.26. The van der Waals surface area contributed by atoms with Gasteiger partial charge in [0.1, 0.15) is 12.1 Å². The molecule has 1 aromatic carbocycles. The third-order valence-electron chi connectivity index (χ3n) is 5.31. The van der Waals surface area contributed by atoms with Crippen molar-refractivity contribution in [1.29, 1.82) is 0 Å². The second kappa shape index (κ2) is 7.96. The molecule has 7 nitrogen and oxygen atoms in total. The fraction of sp³-hybridized carbons (Fsp3) is 0.429. The van der Waals surface area contributed by atoms with Gasteiger partial charge in [0.05, 0.1) is 11.1 Å². The molecule has 0 saturated carbocycles. The Morgan fingerprint density at radius 1 is 1.18 bits per heavy atom. The number of nitrogens with one attached hydrogen (secondary N) is 1. The first-order valence-electron chi connectivity index (χ1n) is 9.96. The maximum Gasteiger partial charge on any atom is 0.223 e. The minimum absolute atomic E-state index is 0.0930. The largest absolute Gasteiger partial charge is 0.356 e. The van der Waals surface area contributed by atoms with Crippen molar-refractivity contribution in [3.8, 4) is 5.69 Å². The van der Waals surface area contributed by atoms with Gasteiger partial charge in [0, 0.05) is 31.7 Å². The monoisotopic (exact) mass is 378 g/mol. The van der Waals surface area contributed by atoms with Gasteiger partial charge in [-0.2, -0.15) is 0 Å². The minimum atomic E-state index is 0.0930. The lowest BCUT2D eigenvalue weighted by atomic mass is 9.96. The highest BCUT2D eigenvalue weighted by molar-refractivity contribution is 5.87. The molecule has 1 amide bonds. The van der Waals surface area contributed by atoms with E-state index in [9.17, 15) is 4.79 Å². The first-order valence-corrected chi connectivity index (χ1v) is 9.96. The van der Waals surface area contributed by atoms with Gasteiger partial charge in [-0.1, -0.05) is 24.6 Å². The van der Waals surface area contributed by atoms with E-state index in [2.05, 4.69) is 63.4 Å². The van der Waals surface area contributed by atoms with E-state index in [-0.39, 0.29) is 11.8 Å². The molecule has 1 fully saturated rings. The predicted octanol–water partition coefficient (Wildman–Crippen LogP) is 2.87. The topological polar surface area (TPSA) is 75.9 Å². The zero-order chi connectivity index (χ0) is 19.5. The van der Waals surface area contributed by atoms with Gasteiger partial charge in [-0.3, -0.25) is 4.79 Å². The molecule has 2 aromatic heterocycles. The van der Waals surface area contributed by atoms with Crippen LogP contribution in [0.15, 0.2) is 36.8 Å². The molecular weight excluding hydrogens is 352 g/mol. The highest BCUT2D eigenvalue weighted by atomic mass is 16.1. The smallest absolute Gasteiger partial charge is 0.223 e. The highest BCUT2D eigenvalue weighted by Crippen LogP contribution is 2.28. The maximum atomic E-state index is 12.2. The third kappa shape index (κ3) is 3.69. The number of hydrogen-bond donors (Lipinski definition) is 1. The lowest BCUT2D eigenvalue weighted by molar-refractivity contribution is -0.125. The maximum absolute atomic E-state index is 12.2. The first kappa shape index (κ1) is 18.4. The number of carbonyl (C=O) groups excluding carboxylic acids is 1. The van der Waals surface area contributed by atoms with Crippen molar-refractivity contribution in [1.82, 2.24) is 25.1 Å². The van der Waals surface area contributed by atoms with Crippen molar-refractivity contribution >= 4 is 22.8 Å². The Labute approximate surface area is 164 Å². The molecule has 0 spiro atoms. The number of aromatic nitrogens is 4. The van der Waals surface area contributed by atoms with Crippen LogP contribution in [-0.4, -0.2) is 45.3 Å². The molecule has 28 heavy (non-hydrogen) atoms. The quantitative estimate of drug-likeness (QED) is 0.739. The van der Waals surface area contributed by atoms with Crippen LogP contribution in [0.4, 0.5) is 5.82 Å². The van der Waals surface area contributed by atoms with Crippen molar-refractivity contribution < 1.29 is 4.79 Å². The average Bonchev–Trinajstić information content (AvgIpc) is 3.17. The van der Waals surface area contributed by atoms with Crippen LogP contribution in [0.1, 0.15) is 31.7 Å². The van der Waals surface area contributed by atoms with E-state index in [0.717, 1.165) is 55.8 Å². The van der Waals surface area contributed by atoms with Crippen molar-refractivity contribution in [2.24, 2.45) is 5.92 Å². The van der Waals surface area contributed by atoms with Gasteiger partial charge in [0.15, 0.2) is 5.65 Å². The number of aryl methyl sites for hydroxylation is 1. The van der Waals surface area contributed by atoms with Gasteiger partial charge in [-0.25, -0.2) is 14.6 Å². The zero-order valence-corrected chi connectivity index (χ0v) is 16.4. The zero-order valence-electron chi connectivity index (χ0n) is 16.4. The van der Waals surface area contributed by atoms with Crippen LogP contribution in [0.2, 0.25) is 0 Å². The summed E-state index contributed by atoms with van der Waals surface area (Å²) in [5.74, 6) is 1.17. The fourth-order valence-corrected chi connectivity index (χ4v) is 3.65. The lowest BCUT2D eigenvalue weighted by Crippen LogP contribution is -2.41. The number of amides is 1. The number of hydrogen-bond acceptors (Lipinski definition) is 5. The van der Waals surface area contributed by atoms with Gasteiger partial charge >= 0.3 is 0 Å². The molecule has 1 aliphatic heterocycles. The number of rotatable bonds is 5. The molecule has 3 heterocycles. The molecule has 0 unspecified atom stereocenters. The van der Waals surface area contributed by atoms with Gasteiger partial charge in [-0.15, -0.1) is 5.10 Å². The van der Waals surface area contributed by atoms with Crippen LogP contribution >= 0.6 is 0 Å². The number of carbonyl (C=O) groups is 1. The summed E-state index contributed by atoms with van der Waals surface area (Å²) in [5.41, 5.74) is 2.90. The Morgan fingerprint density at radius 3 is 2.64 bits per heavy atom. The Balaban J connectivity index is 1.53. The van der Waals surface area contributed by atoms with Gasteiger partial charge < -0.3 is 10.2 Å². The lowest BCUT2D eigenvalue weighted by Gasteiger charge is -2.32. The molecule has 7 heteroatoms. The third-order valence-corrected chi connectivity index (χ3v) is 5.31. The Morgan fingerprint density at radius 2 is 1.93 bits per heavy atom. The second-order valence-electron chi connectivity index (χ2n) is 7.40. The van der Waals surface area contributed by atoms with Crippen LogP contribution in [-0.2, 0) is 4.79 Å². The van der Waals surface area contributed by atoms with Crippen LogP contribution in [0, 0.1) is 12.8 Å². The summed E-state index contributed by atoms with van der Waals surface area (Å²) in [6.45, 7) is 6.51. The molecule has 1 saturated heterocycles. The SMILES string of the molecule is CCCNC(=O)C1CCN(c2ncnc3nn(-c4ccc(C)cc4)cc23)CC1. The van der Waals surface area contributed by atoms with E-state index in [1.165, 1.54) is 5.56 Å². The molecule has 3 aromatic rings. The van der Waals surface area contributed by atoms with Gasteiger partial charge in [-0.05, 0) is 38.3 Å². The number of nitrogens with zero attached hydrogens (tertiary/aromatic N) is 5. The second-order valence-corrected chi connectivity index (χ2v) is 7.40. The number of fused-ring (bicyclic) bond motifs is 1. The van der Waals surface area contributed by atoms with Crippen molar-refractivity contribution in [2.75, 3.05) is 24.5 Å². The van der Waals surface area contributed by atoms with E-state index in [1.54, 1.807) is 6.33 Å². The molecule has 0 radical (unpaired) electrons. The normalized spacial score (nSPS) is 15.1. The molecule has 1 aliphatic rings. The van der Waals surface area contributed by atoms with Crippen LogP contribution in [0.3, 0.4) is 0 Å². The number of benzene rings is 1. The summed E-state index contributed by atoms with van der Waals surface area (Å²) < 4.78 is 1.85. The molecule has 1 N–H and O–H groups in total. The summed E-state index contributed by atoms with van der Waals surface area (Å²) in [5, 5.41) is 8.58. The summed E-state index contributed by atoms with van der Waals surface area (Å²) in [7, 11) is 0. The summed E-state index contributed by atoms with van der Waals surface area (Å²) >= 11 is 0. The summed E-state index contributed by atoms with van der Waals surface area (Å²) in [6, 6.07) is 8.24. The molecule has 146 valence electrons. The number of anilines is 1. The van der Waals surface area contributed by atoms with Crippen molar-refractivity contribution in [3.05, 3.63) is 42.4 Å². The minimum Gasteiger partial charge on any atom is -0.356 e. The molecular formula is C21H26N6O. The average molecular weight is 378 g/mol. The van der Waals surface area contributed by atoms with E-state index in [4.69, 9.17) is 0 Å². The van der Waals surface area contributed by atoms with Crippen molar-refractivity contribution in [2.45, 2.75) is 33.1 Å². The summed E-state index contributed by atoms with van der Waals surface area (Å²) in [4.78, 5) is 23.3. The van der Waals surface area contributed by atoms with E-state index in [0.29, 0.717) is 5.65 Å². The first-order chi connectivity index (χ1) is 13.7. The fourth-order valence-electron chi connectivity index (χ4n) is 3.65. The van der Waals surface area contributed by atoms with Crippen molar-refractivity contribution in [3.63, 3.8) is 0 Å². The molecule has 0 atom stereocenters. The summed E-state index contributed by atoms with van der Waals surface area (Å²) in [6.07, 6.45) is 6.22. The van der Waals surface area contributed by atoms with E-state index in [1.807, 2.05) is 10.9 Å². The molecule has 0 bridgehead atoms. The predicted molar refractivity (Wildman–Crippen MR) is 110 cm³/mol.